The van der Waals surface area contributed by atoms with Gasteiger partial charge in [-0.15, -0.1) is 0 Å². The zero-order valence-corrected chi connectivity index (χ0v) is 12.5. The molecule has 1 aromatic carbocycles. The van der Waals surface area contributed by atoms with E-state index in [1.165, 1.54) is 0 Å². The van der Waals surface area contributed by atoms with Crippen LogP contribution in [-0.2, 0) is 7.05 Å². The van der Waals surface area contributed by atoms with Crippen LogP contribution in [0.15, 0.2) is 28.9 Å². The maximum absolute atomic E-state index is 12.2. The van der Waals surface area contributed by atoms with E-state index in [1.807, 2.05) is 13.0 Å². The number of hydrogen-bond donors (Lipinski definition) is 1. The number of carbonyl (C=O) groups is 1. The van der Waals surface area contributed by atoms with E-state index in [2.05, 4.69) is 26.3 Å². The normalized spacial score (nSPS) is 10.3. The van der Waals surface area contributed by atoms with Crippen LogP contribution in [0.4, 0.5) is 5.69 Å². The lowest BCUT2D eigenvalue weighted by molar-refractivity contribution is 0.102. The minimum absolute atomic E-state index is 0.206. The van der Waals surface area contributed by atoms with Gasteiger partial charge in [-0.2, -0.15) is 5.10 Å². The van der Waals surface area contributed by atoms with Crippen LogP contribution in [0.1, 0.15) is 16.1 Å². The van der Waals surface area contributed by atoms with Crippen LogP contribution in [0.3, 0.4) is 0 Å². The van der Waals surface area contributed by atoms with Gasteiger partial charge in [0.1, 0.15) is 5.75 Å². The maximum atomic E-state index is 12.2. The molecule has 1 aromatic heterocycles. The van der Waals surface area contributed by atoms with Gasteiger partial charge in [0, 0.05) is 17.2 Å². The number of rotatable bonds is 3. The number of methoxy groups -OCH3 is 1. The lowest BCUT2D eigenvalue weighted by Gasteiger charge is -2.10. The lowest BCUT2D eigenvalue weighted by atomic mass is 10.2. The Bertz CT molecular complexity index is 622. The van der Waals surface area contributed by atoms with Crippen molar-refractivity contribution in [1.29, 1.82) is 0 Å². The van der Waals surface area contributed by atoms with Crippen molar-refractivity contribution in [2.24, 2.45) is 7.05 Å². The maximum Gasteiger partial charge on any atom is 0.259 e. The first-order valence-electron chi connectivity index (χ1n) is 5.66. The Balaban J connectivity index is 2.28. The second-order valence-corrected chi connectivity index (χ2v) is 4.98. The van der Waals surface area contributed by atoms with E-state index < -0.39 is 0 Å². The monoisotopic (exact) mass is 323 g/mol. The molecule has 0 atom stereocenters. The Labute approximate surface area is 119 Å². The number of halogens is 1. The van der Waals surface area contributed by atoms with Crippen molar-refractivity contribution >= 4 is 27.5 Å². The topological polar surface area (TPSA) is 56.1 Å². The number of aryl methyl sites for hydroxylation is 1. The van der Waals surface area contributed by atoms with Crippen molar-refractivity contribution in [3.63, 3.8) is 0 Å². The fourth-order valence-corrected chi connectivity index (χ4v) is 2.05. The van der Waals surface area contributed by atoms with E-state index in [9.17, 15) is 4.79 Å². The van der Waals surface area contributed by atoms with Crippen molar-refractivity contribution in [3.05, 3.63) is 40.1 Å². The number of benzene rings is 1. The molecule has 1 amide bonds. The fourth-order valence-electron chi connectivity index (χ4n) is 1.69. The van der Waals surface area contributed by atoms with Gasteiger partial charge >= 0.3 is 0 Å². The largest absolute Gasteiger partial charge is 0.495 e. The Morgan fingerprint density at radius 1 is 1.47 bits per heavy atom. The molecule has 0 aliphatic rings. The van der Waals surface area contributed by atoms with E-state index in [-0.39, 0.29) is 5.91 Å². The number of nitrogens with zero attached hydrogens (tertiary/aromatic N) is 2. The van der Waals surface area contributed by atoms with Gasteiger partial charge in [-0.1, -0.05) is 15.9 Å². The molecule has 1 heterocycles. The molecule has 19 heavy (non-hydrogen) atoms. The zero-order chi connectivity index (χ0) is 14.0. The van der Waals surface area contributed by atoms with Crippen LogP contribution in [-0.4, -0.2) is 22.8 Å². The molecule has 5 nitrogen and oxygen atoms in total. The minimum atomic E-state index is -0.206. The van der Waals surface area contributed by atoms with Gasteiger partial charge in [-0.05, 0) is 25.1 Å². The summed E-state index contributed by atoms with van der Waals surface area (Å²) >= 11 is 3.37. The number of ether oxygens (including phenoxy) is 1. The molecular formula is C13H14BrN3O2. The zero-order valence-electron chi connectivity index (χ0n) is 10.9. The summed E-state index contributed by atoms with van der Waals surface area (Å²) < 4.78 is 7.74. The van der Waals surface area contributed by atoms with Gasteiger partial charge in [-0.25, -0.2) is 0 Å². The van der Waals surface area contributed by atoms with Crippen molar-refractivity contribution in [2.45, 2.75) is 6.92 Å². The van der Waals surface area contributed by atoms with Crippen LogP contribution in [0.25, 0.3) is 0 Å². The predicted octanol–water partition coefficient (Wildman–Crippen LogP) is 2.75. The van der Waals surface area contributed by atoms with E-state index >= 15 is 0 Å². The Morgan fingerprint density at radius 3 is 2.79 bits per heavy atom. The summed E-state index contributed by atoms with van der Waals surface area (Å²) in [6, 6.07) is 5.43. The van der Waals surface area contributed by atoms with Crippen molar-refractivity contribution < 1.29 is 9.53 Å². The van der Waals surface area contributed by atoms with E-state index in [4.69, 9.17) is 4.74 Å². The number of amides is 1. The molecule has 2 aromatic rings. The van der Waals surface area contributed by atoms with E-state index in [0.29, 0.717) is 17.0 Å². The summed E-state index contributed by atoms with van der Waals surface area (Å²) in [6.45, 7) is 1.85. The summed E-state index contributed by atoms with van der Waals surface area (Å²) in [7, 11) is 3.36. The van der Waals surface area contributed by atoms with Gasteiger partial charge in [0.2, 0.25) is 0 Å². The van der Waals surface area contributed by atoms with Crippen molar-refractivity contribution in [2.75, 3.05) is 12.4 Å². The third-order valence-electron chi connectivity index (χ3n) is 2.89. The predicted molar refractivity (Wildman–Crippen MR) is 76.6 cm³/mol. The minimum Gasteiger partial charge on any atom is -0.495 e. The first-order chi connectivity index (χ1) is 9.02. The van der Waals surface area contributed by atoms with Crippen LogP contribution in [0.2, 0.25) is 0 Å². The SMILES string of the molecule is COc1ccc(Br)cc1NC(=O)c1cnn(C)c1C. The molecule has 0 radical (unpaired) electrons. The first-order valence-corrected chi connectivity index (χ1v) is 6.45. The molecule has 0 aliphatic carbocycles. The quantitative estimate of drug-likeness (QED) is 0.944. The standard InChI is InChI=1S/C13H14BrN3O2/c1-8-10(7-15-17(8)2)13(18)16-11-6-9(14)4-5-12(11)19-3/h4-7H,1-3H3,(H,16,18). The average Bonchev–Trinajstić information content (AvgIpc) is 2.70. The van der Waals surface area contributed by atoms with Crippen LogP contribution in [0.5, 0.6) is 5.75 Å². The van der Waals surface area contributed by atoms with Gasteiger partial charge in [0.15, 0.2) is 0 Å². The van der Waals surface area contributed by atoms with Gasteiger partial charge in [-0.3, -0.25) is 9.48 Å². The summed E-state index contributed by atoms with van der Waals surface area (Å²) in [5.41, 5.74) is 1.97. The third kappa shape index (κ3) is 2.78. The van der Waals surface area contributed by atoms with Crippen LogP contribution >= 0.6 is 15.9 Å². The highest BCUT2D eigenvalue weighted by molar-refractivity contribution is 9.10. The fraction of sp³-hybridized carbons (Fsp3) is 0.231. The molecule has 0 saturated heterocycles. The number of anilines is 1. The Hall–Kier alpha value is -1.82. The molecule has 0 unspecified atom stereocenters. The van der Waals surface area contributed by atoms with Crippen molar-refractivity contribution in [1.82, 2.24) is 9.78 Å². The highest BCUT2D eigenvalue weighted by atomic mass is 79.9. The highest BCUT2D eigenvalue weighted by Crippen LogP contribution is 2.28. The number of aromatic nitrogens is 2. The van der Waals surface area contributed by atoms with Crippen LogP contribution in [0, 0.1) is 6.92 Å². The number of carbonyl (C=O) groups excluding carboxylic acids is 1. The van der Waals surface area contributed by atoms with Crippen LogP contribution < -0.4 is 10.1 Å². The average molecular weight is 324 g/mol. The molecule has 0 bridgehead atoms. The van der Waals surface area contributed by atoms with Crippen molar-refractivity contribution in [3.8, 4) is 5.75 Å². The molecular weight excluding hydrogens is 310 g/mol. The molecule has 0 saturated carbocycles. The Morgan fingerprint density at radius 2 is 2.21 bits per heavy atom. The van der Waals surface area contributed by atoms with E-state index in [0.717, 1.165) is 10.2 Å². The van der Waals surface area contributed by atoms with Gasteiger partial charge < -0.3 is 10.1 Å². The summed E-state index contributed by atoms with van der Waals surface area (Å²) in [6.07, 6.45) is 1.55. The molecule has 0 fully saturated rings. The highest BCUT2D eigenvalue weighted by Gasteiger charge is 2.15. The second-order valence-electron chi connectivity index (χ2n) is 4.07. The second kappa shape index (κ2) is 5.44. The molecule has 0 aliphatic heterocycles. The third-order valence-corrected chi connectivity index (χ3v) is 3.38. The molecule has 100 valence electrons. The number of hydrogen-bond acceptors (Lipinski definition) is 3. The summed E-state index contributed by atoms with van der Waals surface area (Å²) in [5.74, 6) is 0.403. The first kappa shape index (κ1) is 13.6. The number of nitrogens with one attached hydrogen (secondary N) is 1. The Kier molecular flexibility index (Phi) is 3.90. The molecule has 0 spiro atoms. The molecule has 6 heteroatoms. The molecule has 2 rings (SSSR count). The lowest BCUT2D eigenvalue weighted by Crippen LogP contribution is -2.13. The van der Waals surface area contributed by atoms with Gasteiger partial charge in [0.05, 0.1) is 24.6 Å². The van der Waals surface area contributed by atoms with Gasteiger partial charge in [0.25, 0.3) is 5.91 Å². The summed E-state index contributed by atoms with van der Waals surface area (Å²) in [5, 5.41) is 6.88. The van der Waals surface area contributed by atoms with E-state index in [1.54, 1.807) is 37.2 Å². The summed E-state index contributed by atoms with van der Waals surface area (Å²) in [4.78, 5) is 12.2. The molecule has 1 N–H and O–H groups in total. The smallest absolute Gasteiger partial charge is 0.259 e.